The number of nitrogens with zero attached hydrogens (tertiary/aromatic N) is 1. The van der Waals surface area contributed by atoms with E-state index in [-0.39, 0.29) is 11.7 Å². The second kappa shape index (κ2) is 4.41. The molecule has 1 aromatic heterocycles. The average Bonchev–Trinajstić information content (AvgIpc) is 2.61. The molecule has 0 unspecified atom stereocenters. The zero-order valence-electron chi connectivity index (χ0n) is 9.99. The van der Waals surface area contributed by atoms with Gasteiger partial charge in [0.15, 0.2) is 11.7 Å². The number of phenols is 1. The monoisotopic (exact) mass is 251 g/mol. The van der Waals surface area contributed by atoms with Crippen LogP contribution in [0, 0.1) is 6.92 Å². The number of benzene rings is 1. The molecule has 2 rings (SSSR count). The molecule has 0 saturated carbocycles. The van der Waals surface area contributed by atoms with Crippen molar-refractivity contribution in [3.63, 3.8) is 0 Å². The standard InChI is InChI=1S/C13H14ClNO2/c1-7(2)13-15-8(3)12(17-13)11-9(14)5-4-6-10(11)16/h4-7,16H,1-3H3. The van der Waals surface area contributed by atoms with Crippen LogP contribution in [-0.2, 0) is 0 Å². The first-order valence-corrected chi connectivity index (χ1v) is 5.83. The smallest absolute Gasteiger partial charge is 0.197 e. The zero-order valence-corrected chi connectivity index (χ0v) is 10.7. The Kier molecular flexibility index (Phi) is 3.11. The van der Waals surface area contributed by atoms with Crippen molar-refractivity contribution in [3.05, 3.63) is 34.8 Å². The third kappa shape index (κ3) is 2.15. The lowest BCUT2D eigenvalue weighted by Gasteiger charge is -2.04. The van der Waals surface area contributed by atoms with Gasteiger partial charge in [0.1, 0.15) is 5.75 Å². The summed E-state index contributed by atoms with van der Waals surface area (Å²) in [6.07, 6.45) is 0. The van der Waals surface area contributed by atoms with E-state index in [9.17, 15) is 5.11 Å². The van der Waals surface area contributed by atoms with Gasteiger partial charge in [0, 0.05) is 5.92 Å². The second-order valence-corrected chi connectivity index (χ2v) is 4.66. The number of phenolic OH excluding ortho intramolecular Hbond substituents is 1. The maximum absolute atomic E-state index is 9.84. The van der Waals surface area contributed by atoms with Gasteiger partial charge in [-0.3, -0.25) is 0 Å². The number of aromatic hydroxyl groups is 1. The molecular weight excluding hydrogens is 238 g/mol. The van der Waals surface area contributed by atoms with Gasteiger partial charge in [-0.2, -0.15) is 0 Å². The molecule has 0 fully saturated rings. The van der Waals surface area contributed by atoms with Gasteiger partial charge in [0.25, 0.3) is 0 Å². The minimum absolute atomic E-state index is 0.104. The van der Waals surface area contributed by atoms with Gasteiger partial charge in [0.2, 0.25) is 0 Å². The van der Waals surface area contributed by atoms with Crippen LogP contribution in [0.2, 0.25) is 5.02 Å². The average molecular weight is 252 g/mol. The van der Waals surface area contributed by atoms with Crippen molar-refractivity contribution in [2.45, 2.75) is 26.7 Å². The van der Waals surface area contributed by atoms with Crippen molar-refractivity contribution in [1.29, 1.82) is 0 Å². The number of halogens is 1. The Morgan fingerprint density at radius 2 is 2.06 bits per heavy atom. The van der Waals surface area contributed by atoms with Crippen molar-refractivity contribution in [3.8, 4) is 17.1 Å². The molecule has 0 bridgehead atoms. The molecule has 1 aromatic carbocycles. The SMILES string of the molecule is Cc1nc(C(C)C)oc1-c1c(O)cccc1Cl. The molecule has 0 radical (unpaired) electrons. The third-order valence-corrected chi connectivity index (χ3v) is 2.84. The Morgan fingerprint density at radius 1 is 1.35 bits per heavy atom. The van der Waals surface area contributed by atoms with E-state index in [1.54, 1.807) is 18.2 Å². The fourth-order valence-corrected chi connectivity index (χ4v) is 1.89. The van der Waals surface area contributed by atoms with Crippen molar-refractivity contribution in [2.75, 3.05) is 0 Å². The lowest BCUT2D eigenvalue weighted by molar-refractivity contribution is 0.462. The van der Waals surface area contributed by atoms with Crippen LogP contribution in [0.1, 0.15) is 31.4 Å². The number of oxazole rings is 1. The third-order valence-electron chi connectivity index (χ3n) is 2.53. The van der Waals surface area contributed by atoms with E-state index < -0.39 is 0 Å². The summed E-state index contributed by atoms with van der Waals surface area (Å²) in [5.74, 6) is 1.49. The van der Waals surface area contributed by atoms with Crippen LogP contribution in [-0.4, -0.2) is 10.1 Å². The second-order valence-electron chi connectivity index (χ2n) is 4.26. The Labute approximate surface area is 105 Å². The number of hydrogen-bond donors (Lipinski definition) is 1. The summed E-state index contributed by atoms with van der Waals surface area (Å²) in [5, 5.41) is 10.3. The van der Waals surface area contributed by atoms with Crippen LogP contribution in [0.25, 0.3) is 11.3 Å². The van der Waals surface area contributed by atoms with E-state index in [1.807, 2.05) is 20.8 Å². The lowest BCUT2D eigenvalue weighted by Crippen LogP contribution is -1.85. The van der Waals surface area contributed by atoms with Gasteiger partial charge in [-0.1, -0.05) is 31.5 Å². The van der Waals surface area contributed by atoms with Crippen LogP contribution in [0.15, 0.2) is 22.6 Å². The molecule has 0 aliphatic carbocycles. The first-order valence-electron chi connectivity index (χ1n) is 5.46. The van der Waals surface area contributed by atoms with Gasteiger partial charge in [0.05, 0.1) is 16.3 Å². The van der Waals surface area contributed by atoms with E-state index >= 15 is 0 Å². The first kappa shape index (κ1) is 12.0. The first-order chi connectivity index (χ1) is 8.00. The predicted molar refractivity (Wildman–Crippen MR) is 67.4 cm³/mol. The number of rotatable bonds is 2. The Bertz CT molecular complexity index is 526. The zero-order chi connectivity index (χ0) is 12.6. The Hall–Kier alpha value is -1.48. The summed E-state index contributed by atoms with van der Waals surface area (Å²) >= 11 is 6.08. The highest BCUT2D eigenvalue weighted by Gasteiger charge is 2.19. The van der Waals surface area contributed by atoms with Crippen molar-refractivity contribution < 1.29 is 9.52 Å². The van der Waals surface area contributed by atoms with Gasteiger partial charge in [-0.15, -0.1) is 0 Å². The molecular formula is C13H14ClNO2. The summed E-state index contributed by atoms with van der Waals surface area (Å²) in [5.41, 5.74) is 1.24. The van der Waals surface area contributed by atoms with Crippen molar-refractivity contribution in [2.24, 2.45) is 0 Å². The number of hydrogen-bond acceptors (Lipinski definition) is 3. The molecule has 1 N–H and O–H groups in total. The summed E-state index contributed by atoms with van der Waals surface area (Å²) in [4.78, 5) is 4.33. The molecule has 0 aliphatic rings. The van der Waals surface area contributed by atoms with E-state index in [4.69, 9.17) is 16.0 Å². The molecule has 0 aliphatic heterocycles. The summed E-state index contributed by atoms with van der Waals surface area (Å²) < 4.78 is 5.67. The highest BCUT2D eigenvalue weighted by Crippen LogP contribution is 2.38. The van der Waals surface area contributed by atoms with Gasteiger partial charge < -0.3 is 9.52 Å². The van der Waals surface area contributed by atoms with Crippen LogP contribution >= 0.6 is 11.6 Å². The molecule has 1 heterocycles. The molecule has 90 valence electrons. The largest absolute Gasteiger partial charge is 0.507 e. The predicted octanol–water partition coefficient (Wildman–Crippen LogP) is 4.13. The fourth-order valence-electron chi connectivity index (χ4n) is 1.63. The molecule has 0 saturated heterocycles. The lowest BCUT2D eigenvalue weighted by atomic mass is 10.1. The summed E-state index contributed by atoms with van der Waals surface area (Å²) in [6.45, 7) is 5.84. The van der Waals surface area contributed by atoms with Gasteiger partial charge >= 0.3 is 0 Å². The summed E-state index contributed by atoms with van der Waals surface area (Å²) in [7, 11) is 0. The topological polar surface area (TPSA) is 46.3 Å². The van der Waals surface area contributed by atoms with E-state index in [0.717, 1.165) is 5.69 Å². The number of aromatic nitrogens is 1. The molecule has 3 nitrogen and oxygen atoms in total. The number of aryl methyl sites for hydroxylation is 1. The van der Waals surface area contributed by atoms with Crippen molar-refractivity contribution >= 4 is 11.6 Å². The van der Waals surface area contributed by atoms with Crippen LogP contribution in [0.4, 0.5) is 0 Å². The molecule has 0 atom stereocenters. The molecule has 17 heavy (non-hydrogen) atoms. The van der Waals surface area contributed by atoms with E-state index in [0.29, 0.717) is 22.2 Å². The Balaban J connectivity index is 2.61. The van der Waals surface area contributed by atoms with Gasteiger partial charge in [-0.05, 0) is 19.1 Å². The highest BCUT2D eigenvalue weighted by atomic mass is 35.5. The Morgan fingerprint density at radius 3 is 2.59 bits per heavy atom. The maximum Gasteiger partial charge on any atom is 0.197 e. The molecule has 4 heteroatoms. The fraction of sp³-hybridized carbons (Fsp3) is 0.308. The van der Waals surface area contributed by atoms with Crippen LogP contribution in [0.5, 0.6) is 5.75 Å². The van der Waals surface area contributed by atoms with Crippen LogP contribution < -0.4 is 0 Å². The van der Waals surface area contributed by atoms with E-state index in [2.05, 4.69) is 4.98 Å². The molecule has 2 aromatic rings. The van der Waals surface area contributed by atoms with Crippen LogP contribution in [0.3, 0.4) is 0 Å². The minimum Gasteiger partial charge on any atom is -0.507 e. The van der Waals surface area contributed by atoms with Crippen molar-refractivity contribution in [1.82, 2.24) is 4.98 Å². The van der Waals surface area contributed by atoms with Gasteiger partial charge in [-0.25, -0.2) is 4.98 Å². The molecule has 0 amide bonds. The minimum atomic E-state index is 0.104. The summed E-state index contributed by atoms with van der Waals surface area (Å²) in [6, 6.07) is 4.99. The molecule has 0 spiro atoms. The van der Waals surface area contributed by atoms with E-state index in [1.165, 1.54) is 0 Å². The quantitative estimate of drug-likeness (QED) is 0.873. The maximum atomic E-state index is 9.84. The normalized spacial score (nSPS) is 11.1. The highest BCUT2D eigenvalue weighted by molar-refractivity contribution is 6.33.